The number of rotatable bonds is 5. The standard InChI is InChI=1S/C17H24N2O2/c1-19(11-13-6-8-20-9-7-13)12-17-15(10-18)14-4-2-3-5-16(14)21-17/h2-5,13H,6-12,18H2,1H3. The Balaban J connectivity index is 1.71. The highest BCUT2D eigenvalue weighted by Gasteiger charge is 2.18. The minimum atomic E-state index is 0.525. The predicted molar refractivity (Wildman–Crippen MR) is 84.0 cm³/mol. The van der Waals surface area contributed by atoms with Gasteiger partial charge in [0.2, 0.25) is 0 Å². The molecule has 2 aromatic rings. The molecule has 1 fully saturated rings. The van der Waals surface area contributed by atoms with Gasteiger partial charge in [0, 0.05) is 37.3 Å². The van der Waals surface area contributed by atoms with Crippen LogP contribution in [-0.4, -0.2) is 31.7 Å². The second kappa shape index (κ2) is 6.60. The highest BCUT2D eigenvalue weighted by molar-refractivity contribution is 5.82. The molecule has 0 atom stereocenters. The van der Waals surface area contributed by atoms with Gasteiger partial charge in [0.1, 0.15) is 11.3 Å². The first kappa shape index (κ1) is 14.6. The SMILES string of the molecule is CN(Cc1oc2ccccc2c1CN)CC1CCOCC1. The van der Waals surface area contributed by atoms with Crippen molar-refractivity contribution >= 4 is 11.0 Å². The minimum absolute atomic E-state index is 0.525. The fourth-order valence-corrected chi connectivity index (χ4v) is 3.18. The summed E-state index contributed by atoms with van der Waals surface area (Å²) < 4.78 is 11.4. The average molecular weight is 288 g/mol. The van der Waals surface area contributed by atoms with Crippen molar-refractivity contribution in [2.75, 3.05) is 26.8 Å². The third kappa shape index (κ3) is 3.28. The van der Waals surface area contributed by atoms with Crippen LogP contribution >= 0.6 is 0 Å². The molecule has 114 valence electrons. The van der Waals surface area contributed by atoms with Crippen LogP contribution in [0.3, 0.4) is 0 Å². The first-order valence-electron chi connectivity index (χ1n) is 7.73. The first-order valence-corrected chi connectivity index (χ1v) is 7.73. The van der Waals surface area contributed by atoms with Gasteiger partial charge in [-0.05, 0) is 31.9 Å². The molecule has 4 heteroatoms. The van der Waals surface area contributed by atoms with Crippen molar-refractivity contribution in [2.45, 2.75) is 25.9 Å². The quantitative estimate of drug-likeness (QED) is 0.919. The van der Waals surface area contributed by atoms with Crippen LogP contribution in [0.1, 0.15) is 24.2 Å². The number of nitrogens with zero attached hydrogens (tertiary/aromatic N) is 1. The second-order valence-electron chi connectivity index (χ2n) is 5.96. The van der Waals surface area contributed by atoms with E-state index in [-0.39, 0.29) is 0 Å². The Morgan fingerprint density at radius 3 is 2.76 bits per heavy atom. The van der Waals surface area contributed by atoms with Gasteiger partial charge >= 0.3 is 0 Å². The number of para-hydroxylation sites is 1. The molecule has 0 bridgehead atoms. The number of benzene rings is 1. The summed E-state index contributed by atoms with van der Waals surface area (Å²) >= 11 is 0. The van der Waals surface area contributed by atoms with Crippen molar-refractivity contribution in [3.63, 3.8) is 0 Å². The fraction of sp³-hybridized carbons (Fsp3) is 0.529. The molecule has 3 rings (SSSR count). The number of hydrogen-bond donors (Lipinski definition) is 1. The van der Waals surface area contributed by atoms with Gasteiger partial charge in [0.25, 0.3) is 0 Å². The Kier molecular flexibility index (Phi) is 4.58. The van der Waals surface area contributed by atoms with Gasteiger partial charge in [0.05, 0.1) is 6.54 Å². The van der Waals surface area contributed by atoms with Crippen molar-refractivity contribution in [1.82, 2.24) is 4.90 Å². The lowest BCUT2D eigenvalue weighted by Gasteiger charge is -2.26. The van der Waals surface area contributed by atoms with E-state index in [2.05, 4.69) is 18.0 Å². The predicted octanol–water partition coefficient (Wildman–Crippen LogP) is 2.75. The van der Waals surface area contributed by atoms with Crippen LogP contribution in [0.25, 0.3) is 11.0 Å². The van der Waals surface area contributed by atoms with E-state index in [1.165, 1.54) is 0 Å². The third-order valence-corrected chi connectivity index (χ3v) is 4.31. The third-order valence-electron chi connectivity index (χ3n) is 4.31. The summed E-state index contributed by atoms with van der Waals surface area (Å²) in [7, 11) is 2.16. The number of fused-ring (bicyclic) bond motifs is 1. The van der Waals surface area contributed by atoms with Gasteiger partial charge in [-0.1, -0.05) is 18.2 Å². The van der Waals surface area contributed by atoms with Crippen LogP contribution in [-0.2, 0) is 17.8 Å². The first-order chi connectivity index (χ1) is 10.3. The summed E-state index contributed by atoms with van der Waals surface area (Å²) in [6, 6.07) is 8.13. The van der Waals surface area contributed by atoms with E-state index < -0.39 is 0 Å². The number of nitrogens with two attached hydrogens (primary N) is 1. The molecule has 1 aliphatic rings. The Morgan fingerprint density at radius 1 is 1.24 bits per heavy atom. The zero-order chi connectivity index (χ0) is 14.7. The minimum Gasteiger partial charge on any atom is -0.459 e. The summed E-state index contributed by atoms with van der Waals surface area (Å²) in [4.78, 5) is 2.34. The summed E-state index contributed by atoms with van der Waals surface area (Å²) in [5.41, 5.74) is 8.01. The molecular formula is C17H24N2O2. The highest BCUT2D eigenvalue weighted by atomic mass is 16.5. The molecule has 0 radical (unpaired) electrons. The molecule has 1 aromatic heterocycles. The van der Waals surface area contributed by atoms with Crippen molar-refractivity contribution in [3.8, 4) is 0 Å². The van der Waals surface area contributed by atoms with Gasteiger partial charge in [0.15, 0.2) is 0 Å². The molecule has 1 aliphatic heterocycles. The Labute approximate surface area is 125 Å². The molecule has 1 saturated heterocycles. The van der Waals surface area contributed by atoms with Crippen LogP contribution in [0.4, 0.5) is 0 Å². The maximum absolute atomic E-state index is 6.00. The van der Waals surface area contributed by atoms with Gasteiger partial charge in [-0.15, -0.1) is 0 Å². The molecule has 21 heavy (non-hydrogen) atoms. The van der Waals surface area contributed by atoms with Crippen molar-refractivity contribution < 1.29 is 9.15 Å². The van der Waals surface area contributed by atoms with Crippen molar-refractivity contribution in [1.29, 1.82) is 0 Å². The maximum Gasteiger partial charge on any atom is 0.134 e. The molecule has 4 nitrogen and oxygen atoms in total. The molecule has 2 heterocycles. The van der Waals surface area contributed by atoms with E-state index >= 15 is 0 Å². The largest absolute Gasteiger partial charge is 0.459 e. The fourth-order valence-electron chi connectivity index (χ4n) is 3.18. The smallest absolute Gasteiger partial charge is 0.134 e. The maximum atomic E-state index is 6.00. The summed E-state index contributed by atoms with van der Waals surface area (Å²) in [5.74, 6) is 1.74. The molecular weight excluding hydrogens is 264 g/mol. The van der Waals surface area contributed by atoms with Gasteiger partial charge in [-0.2, -0.15) is 0 Å². The summed E-state index contributed by atoms with van der Waals surface area (Å²) in [5, 5.41) is 1.15. The zero-order valence-electron chi connectivity index (χ0n) is 12.7. The highest BCUT2D eigenvalue weighted by Crippen LogP contribution is 2.27. The molecule has 1 aromatic carbocycles. The van der Waals surface area contributed by atoms with E-state index in [0.29, 0.717) is 6.54 Å². The van der Waals surface area contributed by atoms with E-state index in [1.54, 1.807) is 0 Å². The molecule has 0 saturated carbocycles. The second-order valence-corrected chi connectivity index (χ2v) is 5.96. The number of hydrogen-bond acceptors (Lipinski definition) is 4. The monoisotopic (exact) mass is 288 g/mol. The van der Waals surface area contributed by atoms with Crippen LogP contribution < -0.4 is 5.73 Å². The van der Waals surface area contributed by atoms with Crippen LogP contribution in [0, 0.1) is 5.92 Å². The lowest BCUT2D eigenvalue weighted by molar-refractivity contribution is 0.0543. The topological polar surface area (TPSA) is 51.6 Å². The normalized spacial score (nSPS) is 16.9. The van der Waals surface area contributed by atoms with Crippen molar-refractivity contribution in [3.05, 3.63) is 35.6 Å². The van der Waals surface area contributed by atoms with Crippen molar-refractivity contribution in [2.24, 2.45) is 11.7 Å². The molecule has 2 N–H and O–H groups in total. The Bertz CT molecular complexity index is 587. The molecule has 0 amide bonds. The van der Waals surface area contributed by atoms with Crippen LogP contribution in [0.2, 0.25) is 0 Å². The van der Waals surface area contributed by atoms with Crippen LogP contribution in [0.5, 0.6) is 0 Å². The van der Waals surface area contributed by atoms with Gasteiger partial charge in [-0.3, -0.25) is 4.90 Å². The summed E-state index contributed by atoms with van der Waals surface area (Å²) in [6.07, 6.45) is 2.32. The van der Waals surface area contributed by atoms with Gasteiger partial charge < -0.3 is 14.9 Å². The molecule has 0 aliphatic carbocycles. The lowest BCUT2D eigenvalue weighted by atomic mass is 10.00. The van der Waals surface area contributed by atoms with Crippen LogP contribution in [0.15, 0.2) is 28.7 Å². The zero-order valence-corrected chi connectivity index (χ0v) is 12.7. The lowest BCUT2D eigenvalue weighted by Crippen LogP contribution is -2.29. The van der Waals surface area contributed by atoms with E-state index in [9.17, 15) is 0 Å². The molecule has 0 unspecified atom stereocenters. The Morgan fingerprint density at radius 2 is 2.00 bits per heavy atom. The van der Waals surface area contributed by atoms with Gasteiger partial charge in [-0.25, -0.2) is 0 Å². The summed E-state index contributed by atoms with van der Waals surface area (Å²) in [6.45, 7) is 4.23. The molecule has 0 spiro atoms. The number of ether oxygens (including phenoxy) is 1. The van der Waals surface area contributed by atoms with E-state index in [0.717, 1.165) is 67.4 Å². The van der Waals surface area contributed by atoms with E-state index in [1.807, 2.05) is 18.2 Å². The van der Waals surface area contributed by atoms with E-state index in [4.69, 9.17) is 14.9 Å². The average Bonchev–Trinajstić information content (AvgIpc) is 2.85. The number of furan rings is 1. The Hall–Kier alpha value is -1.36.